The number of imidazole rings is 1. The Bertz CT molecular complexity index is 643. The second-order valence-corrected chi connectivity index (χ2v) is 4.83. The summed E-state index contributed by atoms with van der Waals surface area (Å²) in [5, 5.41) is 0.861. The van der Waals surface area contributed by atoms with Gasteiger partial charge in [-0.25, -0.2) is 4.98 Å². The summed E-state index contributed by atoms with van der Waals surface area (Å²) in [5.41, 5.74) is 3.10. The van der Waals surface area contributed by atoms with E-state index in [0.29, 0.717) is 6.61 Å². The summed E-state index contributed by atoms with van der Waals surface area (Å²) in [5.74, 6) is 0.863. The zero-order valence-corrected chi connectivity index (χ0v) is 11.9. The fourth-order valence-electron chi connectivity index (χ4n) is 1.89. The molecular weight excluding hydrogens is 304 g/mol. The van der Waals surface area contributed by atoms with E-state index in [1.54, 1.807) is 0 Å². The first-order valence-corrected chi connectivity index (χ1v) is 7.17. The molecule has 0 aliphatic heterocycles. The van der Waals surface area contributed by atoms with E-state index in [1.807, 2.05) is 59.3 Å². The van der Waals surface area contributed by atoms with Crippen molar-refractivity contribution in [1.29, 1.82) is 0 Å². The van der Waals surface area contributed by atoms with E-state index < -0.39 is 0 Å². The van der Waals surface area contributed by atoms with Gasteiger partial charge in [0, 0.05) is 17.7 Å². The van der Waals surface area contributed by atoms with Crippen LogP contribution in [-0.2, 0) is 11.9 Å². The Morgan fingerprint density at radius 3 is 2.68 bits per heavy atom. The highest BCUT2D eigenvalue weighted by Gasteiger charge is 2.02. The van der Waals surface area contributed by atoms with Gasteiger partial charge in [0.05, 0.1) is 5.69 Å². The number of pyridine rings is 1. The third-order valence-corrected chi connectivity index (χ3v) is 3.53. The summed E-state index contributed by atoms with van der Waals surface area (Å²) < 4.78 is 7.72. The van der Waals surface area contributed by atoms with E-state index in [-0.39, 0.29) is 0 Å². The van der Waals surface area contributed by atoms with Crippen LogP contribution >= 0.6 is 15.9 Å². The van der Waals surface area contributed by atoms with Crippen molar-refractivity contribution in [3.8, 4) is 5.75 Å². The zero-order valence-electron chi connectivity index (χ0n) is 10.3. The Morgan fingerprint density at radius 2 is 1.95 bits per heavy atom. The van der Waals surface area contributed by atoms with Crippen molar-refractivity contribution in [2.24, 2.45) is 0 Å². The highest BCUT2D eigenvalue weighted by atomic mass is 79.9. The van der Waals surface area contributed by atoms with Gasteiger partial charge in [0.15, 0.2) is 0 Å². The van der Waals surface area contributed by atoms with Gasteiger partial charge in [-0.3, -0.25) is 0 Å². The molecule has 4 heteroatoms. The summed E-state index contributed by atoms with van der Waals surface area (Å²) >= 11 is 3.42. The Balaban J connectivity index is 1.70. The number of hydrogen-bond donors (Lipinski definition) is 0. The van der Waals surface area contributed by atoms with Crippen LogP contribution in [0.25, 0.3) is 5.65 Å². The van der Waals surface area contributed by atoms with E-state index in [9.17, 15) is 0 Å². The maximum atomic E-state index is 5.73. The molecule has 0 unspecified atom stereocenters. The second-order valence-electron chi connectivity index (χ2n) is 4.26. The highest BCUT2D eigenvalue weighted by Crippen LogP contribution is 2.15. The molecule has 0 bridgehead atoms. The number of benzene rings is 1. The van der Waals surface area contributed by atoms with Crippen LogP contribution in [0.4, 0.5) is 0 Å². The van der Waals surface area contributed by atoms with Crippen LogP contribution in [-0.4, -0.2) is 9.38 Å². The average Bonchev–Trinajstić information content (AvgIpc) is 2.88. The van der Waals surface area contributed by atoms with Crippen LogP contribution in [0.3, 0.4) is 0 Å². The molecule has 0 saturated heterocycles. The first kappa shape index (κ1) is 12.2. The van der Waals surface area contributed by atoms with Gasteiger partial charge in [-0.2, -0.15) is 0 Å². The molecule has 0 amide bonds. The van der Waals surface area contributed by atoms with Crippen molar-refractivity contribution in [1.82, 2.24) is 9.38 Å². The van der Waals surface area contributed by atoms with Gasteiger partial charge in [0.25, 0.3) is 0 Å². The SMILES string of the molecule is BrCc1ccc(OCc2cn3ccccc3n2)cc1. The van der Waals surface area contributed by atoms with Crippen molar-refractivity contribution < 1.29 is 4.74 Å². The Morgan fingerprint density at radius 1 is 1.11 bits per heavy atom. The number of halogens is 1. The number of ether oxygens (including phenoxy) is 1. The smallest absolute Gasteiger partial charge is 0.137 e. The van der Waals surface area contributed by atoms with Crippen LogP contribution in [0.15, 0.2) is 54.9 Å². The molecule has 0 radical (unpaired) electrons. The summed E-state index contributed by atoms with van der Waals surface area (Å²) in [7, 11) is 0. The van der Waals surface area contributed by atoms with Gasteiger partial charge in [-0.05, 0) is 29.8 Å². The van der Waals surface area contributed by atoms with Gasteiger partial charge in [-0.15, -0.1) is 0 Å². The molecule has 2 heterocycles. The minimum absolute atomic E-state index is 0.481. The van der Waals surface area contributed by atoms with E-state index in [1.165, 1.54) is 5.56 Å². The van der Waals surface area contributed by atoms with Crippen molar-refractivity contribution in [2.75, 3.05) is 0 Å². The molecule has 0 aliphatic rings. The summed E-state index contributed by atoms with van der Waals surface area (Å²) in [6.45, 7) is 0.481. The quantitative estimate of drug-likeness (QED) is 0.684. The molecule has 0 saturated carbocycles. The lowest BCUT2D eigenvalue weighted by Crippen LogP contribution is -1.95. The van der Waals surface area contributed by atoms with Gasteiger partial charge < -0.3 is 9.14 Å². The van der Waals surface area contributed by atoms with E-state index in [2.05, 4.69) is 20.9 Å². The molecule has 0 aliphatic carbocycles. The Labute approximate surface area is 120 Å². The van der Waals surface area contributed by atoms with Crippen LogP contribution in [0, 0.1) is 0 Å². The fraction of sp³-hybridized carbons (Fsp3) is 0.133. The van der Waals surface area contributed by atoms with Crippen LogP contribution in [0.1, 0.15) is 11.3 Å². The fourth-order valence-corrected chi connectivity index (χ4v) is 2.26. The van der Waals surface area contributed by atoms with Gasteiger partial charge in [0.1, 0.15) is 18.0 Å². The third-order valence-electron chi connectivity index (χ3n) is 2.88. The van der Waals surface area contributed by atoms with Crippen molar-refractivity contribution in [3.63, 3.8) is 0 Å². The Kier molecular flexibility index (Phi) is 3.51. The summed E-state index contributed by atoms with van der Waals surface area (Å²) in [6, 6.07) is 14.0. The van der Waals surface area contributed by atoms with Crippen molar-refractivity contribution in [3.05, 3.63) is 66.1 Å². The van der Waals surface area contributed by atoms with Gasteiger partial charge in [-0.1, -0.05) is 34.1 Å². The number of nitrogens with zero attached hydrogens (tertiary/aromatic N) is 2. The monoisotopic (exact) mass is 316 g/mol. The molecule has 0 N–H and O–H groups in total. The van der Waals surface area contributed by atoms with Crippen molar-refractivity contribution >= 4 is 21.6 Å². The molecule has 2 aromatic heterocycles. The minimum Gasteiger partial charge on any atom is -0.487 e. The minimum atomic E-state index is 0.481. The molecule has 0 fully saturated rings. The predicted octanol–water partition coefficient (Wildman–Crippen LogP) is 3.81. The molecule has 3 nitrogen and oxygen atoms in total. The second kappa shape index (κ2) is 5.45. The number of rotatable bonds is 4. The molecule has 0 spiro atoms. The highest BCUT2D eigenvalue weighted by molar-refractivity contribution is 9.08. The van der Waals surface area contributed by atoms with E-state index >= 15 is 0 Å². The van der Waals surface area contributed by atoms with Crippen LogP contribution in [0.5, 0.6) is 5.75 Å². The molecule has 19 heavy (non-hydrogen) atoms. The lowest BCUT2D eigenvalue weighted by molar-refractivity contribution is 0.302. The predicted molar refractivity (Wildman–Crippen MR) is 78.6 cm³/mol. The van der Waals surface area contributed by atoms with Crippen molar-refractivity contribution in [2.45, 2.75) is 11.9 Å². The maximum absolute atomic E-state index is 5.73. The van der Waals surface area contributed by atoms with Gasteiger partial charge in [0.2, 0.25) is 0 Å². The maximum Gasteiger partial charge on any atom is 0.137 e. The molecule has 3 aromatic rings. The molecule has 1 aromatic carbocycles. The Hall–Kier alpha value is -1.81. The summed E-state index contributed by atoms with van der Waals surface area (Å²) in [4.78, 5) is 4.49. The zero-order chi connectivity index (χ0) is 13.1. The number of alkyl halides is 1. The number of fused-ring (bicyclic) bond motifs is 1. The van der Waals surface area contributed by atoms with Gasteiger partial charge >= 0.3 is 0 Å². The molecule has 3 rings (SSSR count). The molecular formula is C15H13BrN2O. The largest absolute Gasteiger partial charge is 0.487 e. The number of aromatic nitrogens is 2. The standard InChI is InChI=1S/C15H13BrN2O/c16-9-12-4-6-14(7-5-12)19-11-13-10-18-8-2-1-3-15(18)17-13/h1-8,10H,9,11H2. The molecule has 0 atom stereocenters. The van der Waals surface area contributed by atoms with E-state index in [0.717, 1.165) is 22.4 Å². The number of hydrogen-bond acceptors (Lipinski definition) is 2. The average molecular weight is 317 g/mol. The summed E-state index contributed by atoms with van der Waals surface area (Å²) in [6.07, 6.45) is 3.97. The van der Waals surface area contributed by atoms with E-state index in [4.69, 9.17) is 4.74 Å². The topological polar surface area (TPSA) is 26.5 Å². The normalized spacial score (nSPS) is 10.8. The lowest BCUT2D eigenvalue weighted by atomic mass is 10.2. The lowest BCUT2D eigenvalue weighted by Gasteiger charge is -2.04. The van der Waals surface area contributed by atoms with Crippen LogP contribution < -0.4 is 4.74 Å². The third kappa shape index (κ3) is 2.79. The first-order chi connectivity index (χ1) is 9.35. The molecule has 96 valence electrons. The first-order valence-electron chi connectivity index (χ1n) is 6.05. The van der Waals surface area contributed by atoms with Crippen LogP contribution in [0.2, 0.25) is 0 Å².